The van der Waals surface area contributed by atoms with Crippen LogP contribution in [0.15, 0.2) is 29.5 Å². The van der Waals surface area contributed by atoms with Crippen molar-refractivity contribution in [3.8, 4) is 0 Å². The number of ketones is 1. The highest BCUT2D eigenvalue weighted by atomic mass is 35.5. The van der Waals surface area contributed by atoms with Crippen molar-refractivity contribution < 1.29 is 19.1 Å². The second-order valence-corrected chi connectivity index (χ2v) is 9.23. The smallest absolute Gasteiger partial charge is 0.290 e. The van der Waals surface area contributed by atoms with E-state index in [0.717, 1.165) is 12.0 Å². The molecule has 0 N–H and O–H groups in total. The maximum Gasteiger partial charge on any atom is 0.290 e. The summed E-state index contributed by atoms with van der Waals surface area (Å²) in [5, 5.41) is 0.828. The third-order valence-corrected chi connectivity index (χ3v) is 7.02. The molecule has 8 heteroatoms. The second-order valence-electron chi connectivity index (χ2n) is 8.42. The summed E-state index contributed by atoms with van der Waals surface area (Å²) in [7, 11) is 5.57. The van der Waals surface area contributed by atoms with E-state index in [1.54, 1.807) is 24.1 Å². The summed E-state index contributed by atoms with van der Waals surface area (Å²) >= 11 is 12.4. The number of ether oxygens (including phenoxy) is 2. The summed E-state index contributed by atoms with van der Waals surface area (Å²) in [5.41, 5.74) is 1.22. The van der Waals surface area contributed by atoms with Crippen molar-refractivity contribution in [3.05, 3.63) is 45.1 Å². The molecule has 1 saturated carbocycles. The van der Waals surface area contributed by atoms with E-state index in [1.165, 1.54) is 0 Å². The Kier molecular flexibility index (Phi) is 6.13. The van der Waals surface area contributed by atoms with Gasteiger partial charge in [-0.25, -0.2) is 0 Å². The molecule has 6 nitrogen and oxygen atoms in total. The van der Waals surface area contributed by atoms with Crippen LogP contribution in [0.5, 0.6) is 0 Å². The third-order valence-electron chi connectivity index (χ3n) is 6.28. The molecule has 0 spiro atoms. The molecule has 3 aliphatic rings. The molecule has 0 saturated heterocycles. The van der Waals surface area contributed by atoms with E-state index in [0.29, 0.717) is 41.5 Å². The molecule has 0 radical (unpaired) electrons. The first-order valence-electron chi connectivity index (χ1n) is 10.2. The maximum absolute atomic E-state index is 13.6. The van der Waals surface area contributed by atoms with Crippen LogP contribution < -0.4 is 0 Å². The van der Waals surface area contributed by atoms with E-state index in [2.05, 4.69) is 0 Å². The molecule has 162 valence electrons. The van der Waals surface area contributed by atoms with Gasteiger partial charge in [-0.1, -0.05) is 29.3 Å². The summed E-state index contributed by atoms with van der Waals surface area (Å²) in [6.45, 7) is 1.13. The Hall–Kier alpha value is -1.60. The largest absolute Gasteiger partial charge is 0.483 e. The number of likely N-dealkylation sites (N-methyl/N-ethyl adjacent to an activating group) is 1. The highest BCUT2D eigenvalue weighted by Gasteiger charge is 2.52. The van der Waals surface area contributed by atoms with Crippen molar-refractivity contribution in [1.82, 2.24) is 9.80 Å². The van der Waals surface area contributed by atoms with E-state index in [4.69, 9.17) is 32.7 Å². The van der Waals surface area contributed by atoms with Crippen LogP contribution in [0.3, 0.4) is 0 Å². The Morgan fingerprint density at radius 2 is 1.97 bits per heavy atom. The number of rotatable bonds is 5. The van der Waals surface area contributed by atoms with E-state index >= 15 is 0 Å². The fraction of sp³-hybridized carbons (Fsp3) is 0.545. The molecule has 1 aromatic carbocycles. The lowest BCUT2D eigenvalue weighted by Crippen LogP contribution is -2.43. The van der Waals surface area contributed by atoms with Gasteiger partial charge in [0.15, 0.2) is 11.5 Å². The summed E-state index contributed by atoms with van der Waals surface area (Å²) in [6.07, 6.45) is 1.85. The number of methoxy groups -OCH3 is 1. The number of Topliss-reactive ketones (excluding diaryl/α,β-unsaturated/α-hetero) is 1. The molecule has 0 aromatic heterocycles. The minimum absolute atomic E-state index is 0.00702. The van der Waals surface area contributed by atoms with E-state index < -0.39 is 6.04 Å². The Morgan fingerprint density at radius 1 is 1.20 bits per heavy atom. The lowest BCUT2D eigenvalue weighted by molar-refractivity contribution is -0.138. The van der Waals surface area contributed by atoms with Crippen LogP contribution in [0.25, 0.3) is 0 Å². The Bertz CT molecular complexity index is 901. The van der Waals surface area contributed by atoms with Crippen molar-refractivity contribution in [2.24, 2.45) is 5.92 Å². The highest BCUT2D eigenvalue weighted by Crippen LogP contribution is 2.47. The molecule has 0 bridgehead atoms. The van der Waals surface area contributed by atoms with E-state index in [-0.39, 0.29) is 35.6 Å². The predicted octanol–water partition coefficient (Wildman–Crippen LogP) is 3.48. The second kappa shape index (κ2) is 8.50. The number of carbonyl (C=O) groups excluding carboxylic acids is 2. The zero-order valence-electron chi connectivity index (χ0n) is 17.4. The number of fused-ring (bicyclic) bond motifs is 1. The maximum atomic E-state index is 13.6. The van der Waals surface area contributed by atoms with Crippen molar-refractivity contribution in [1.29, 1.82) is 0 Å². The average molecular weight is 453 g/mol. The average Bonchev–Trinajstić information content (AvgIpc) is 3.00. The fourth-order valence-corrected chi connectivity index (χ4v) is 4.97. The summed E-state index contributed by atoms with van der Waals surface area (Å²) in [5.74, 6) is -0.295. The van der Waals surface area contributed by atoms with Crippen LogP contribution in [0.4, 0.5) is 0 Å². The van der Waals surface area contributed by atoms with Crippen molar-refractivity contribution in [3.63, 3.8) is 0 Å². The standard InChI is InChI=1S/C22H26Cl2N2O4/c1-25(2)8-9-26-19(12-4-7-15(23)16(24)10-12)18-20(27)14-6-5-13(29-3)11-17(14)30-21(18)22(26)28/h4,7,10,13-14,17,19H,5-6,8-9,11H2,1-3H3. The zero-order chi connectivity index (χ0) is 21.6. The molecule has 4 unspecified atom stereocenters. The third kappa shape index (κ3) is 3.75. The Balaban J connectivity index is 1.74. The van der Waals surface area contributed by atoms with Crippen LogP contribution >= 0.6 is 23.2 Å². The molecule has 1 aromatic rings. The topological polar surface area (TPSA) is 59.1 Å². The molecular formula is C22H26Cl2N2O4. The van der Waals surface area contributed by atoms with Crippen LogP contribution in [-0.4, -0.2) is 68.0 Å². The molecular weight excluding hydrogens is 427 g/mol. The zero-order valence-corrected chi connectivity index (χ0v) is 18.9. The van der Waals surface area contributed by atoms with Gasteiger partial charge in [0, 0.05) is 26.6 Å². The van der Waals surface area contributed by atoms with Crippen molar-refractivity contribution in [2.45, 2.75) is 37.5 Å². The molecule has 1 fully saturated rings. The summed E-state index contributed by atoms with van der Waals surface area (Å²) < 4.78 is 11.7. The highest BCUT2D eigenvalue weighted by molar-refractivity contribution is 6.42. The van der Waals surface area contributed by atoms with Crippen LogP contribution in [0, 0.1) is 5.92 Å². The van der Waals surface area contributed by atoms with E-state index in [1.807, 2.05) is 25.1 Å². The van der Waals surface area contributed by atoms with Crippen LogP contribution in [0.2, 0.25) is 10.0 Å². The van der Waals surface area contributed by atoms with Gasteiger partial charge in [0.25, 0.3) is 5.91 Å². The van der Waals surface area contributed by atoms with Crippen molar-refractivity contribution >= 4 is 34.9 Å². The molecule has 4 atom stereocenters. The number of amides is 1. The lowest BCUT2D eigenvalue weighted by Gasteiger charge is -2.38. The van der Waals surface area contributed by atoms with Gasteiger partial charge in [0.2, 0.25) is 0 Å². The summed E-state index contributed by atoms with van der Waals surface area (Å²) in [4.78, 5) is 30.6. The van der Waals surface area contributed by atoms with Gasteiger partial charge < -0.3 is 19.3 Å². The molecule has 1 amide bonds. The van der Waals surface area contributed by atoms with Gasteiger partial charge in [-0.05, 0) is 44.6 Å². The van der Waals surface area contributed by atoms with Gasteiger partial charge in [-0.2, -0.15) is 0 Å². The molecule has 2 heterocycles. The first-order valence-corrected chi connectivity index (χ1v) is 11.0. The molecule has 1 aliphatic carbocycles. The van der Waals surface area contributed by atoms with Gasteiger partial charge in [0.05, 0.1) is 33.7 Å². The molecule has 30 heavy (non-hydrogen) atoms. The minimum atomic E-state index is -0.518. The summed E-state index contributed by atoms with van der Waals surface area (Å²) in [6, 6.07) is 4.75. The van der Waals surface area contributed by atoms with Crippen molar-refractivity contribution in [2.75, 3.05) is 34.3 Å². The number of benzene rings is 1. The normalized spacial score (nSPS) is 28.7. The molecule has 4 rings (SSSR count). The number of nitrogens with zero attached hydrogens (tertiary/aromatic N) is 2. The molecule has 2 aliphatic heterocycles. The van der Waals surface area contributed by atoms with Crippen LogP contribution in [-0.2, 0) is 19.1 Å². The van der Waals surface area contributed by atoms with Gasteiger partial charge >= 0.3 is 0 Å². The number of carbonyl (C=O) groups is 2. The predicted molar refractivity (Wildman–Crippen MR) is 115 cm³/mol. The SMILES string of the molecule is COC1CCC2C(=O)C3=C(OC2C1)C(=O)N(CCN(C)C)C3c1ccc(Cl)c(Cl)c1. The Labute approximate surface area is 186 Å². The number of hydrogen-bond donors (Lipinski definition) is 0. The van der Waals surface area contributed by atoms with Gasteiger partial charge in [-0.3, -0.25) is 9.59 Å². The van der Waals surface area contributed by atoms with Gasteiger partial charge in [-0.15, -0.1) is 0 Å². The monoisotopic (exact) mass is 452 g/mol. The van der Waals surface area contributed by atoms with E-state index in [9.17, 15) is 9.59 Å². The van der Waals surface area contributed by atoms with Crippen LogP contribution in [0.1, 0.15) is 30.9 Å². The number of halogens is 2. The first-order chi connectivity index (χ1) is 14.3. The minimum Gasteiger partial charge on any atom is -0.483 e. The lowest BCUT2D eigenvalue weighted by atomic mass is 9.76. The quantitative estimate of drug-likeness (QED) is 0.684. The first kappa shape index (κ1) is 21.6. The number of hydrogen-bond acceptors (Lipinski definition) is 5. The van der Waals surface area contributed by atoms with Gasteiger partial charge in [0.1, 0.15) is 6.10 Å². The fourth-order valence-electron chi connectivity index (χ4n) is 4.66. The Morgan fingerprint density at radius 3 is 2.63 bits per heavy atom.